The Morgan fingerprint density at radius 2 is 2.16 bits per heavy atom. The number of nitrogens with zero attached hydrogens (tertiary/aromatic N) is 1. The number of carbonyl (C=O) groups excluding carboxylic acids is 1. The molecule has 7 heteroatoms. The van der Waals surface area contributed by atoms with Crippen molar-refractivity contribution in [3.8, 4) is 0 Å². The first-order chi connectivity index (χ1) is 8.40. The highest BCUT2D eigenvalue weighted by Gasteiger charge is 2.44. The van der Waals surface area contributed by atoms with Crippen molar-refractivity contribution in [3.63, 3.8) is 0 Å². The van der Waals surface area contributed by atoms with Crippen molar-refractivity contribution in [2.45, 2.75) is 44.2 Å². The Kier molecular flexibility index (Phi) is 5.26. The fourth-order valence-corrected chi connectivity index (χ4v) is 4.80. The summed E-state index contributed by atoms with van der Waals surface area (Å²) in [5, 5.41) is 3.30. The van der Waals surface area contributed by atoms with Crippen LogP contribution in [-0.4, -0.2) is 55.9 Å². The van der Waals surface area contributed by atoms with Crippen molar-refractivity contribution >= 4 is 28.2 Å². The van der Waals surface area contributed by atoms with Gasteiger partial charge >= 0.3 is 0 Å². The zero-order chi connectivity index (χ0) is 13.4. The average Bonchev–Trinajstić information content (AvgIpc) is 2.94. The molecule has 2 rings (SSSR count). The number of halogens is 1. The molecule has 2 fully saturated rings. The highest BCUT2D eigenvalue weighted by Crippen LogP contribution is 2.27. The topological polar surface area (TPSA) is 66.5 Å². The van der Waals surface area contributed by atoms with Crippen LogP contribution in [0.3, 0.4) is 0 Å². The monoisotopic (exact) mass is 310 g/mol. The summed E-state index contributed by atoms with van der Waals surface area (Å²) in [4.78, 5) is 14.2. The van der Waals surface area contributed by atoms with Gasteiger partial charge in [0.25, 0.3) is 0 Å². The maximum absolute atomic E-state index is 12.6. The molecule has 0 aromatic rings. The van der Waals surface area contributed by atoms with Crippen LogP contribution in [0.25, 0.3) is 0 Å². The number of amides is 1. The first kappa shape index (κ1) is 16.7. The van der Waals surface area contributed by atoms with E-state index in [4.69, 9.17) is 0 Å². The third kappa shape index (κ3) is 3.23. The van der Waals surface area contributed by atoms with Crippen LogP contribution >= 0.6 is 12.4 Å². The minimum atomic E-state index is -2.94. The number of rotatable bonds is 3. The molecule has 2 heterocycles. The first-order valence-electron chi connectivity index (χ1n) is 6.63. The van der Waals surface area contributed by atoms with E-state index in [0.717, 1.165) is 25.8 Å². The van der Waals surface area contributed by atoms with Gasteiger partial charge in [-0.1, -0.05) is 6.92 Å². The van der Waals surface area contributed by atoms with Gasteiger partial charge in [-0.25, -0.2) is 8.42 Å². The molecule has 0 aromatic heterocycles. The Morgan fingerprint density at radius 1 is 1.47 bits per heavy atom. The summed E-state index contributed by atoms with van der Waals surface area (Å²) in [6, 6.07) is -0.145. The second-order valence-corrected chi connectivity index (χ2v) is 7.67. The zero-order valence-corrected chi connectivity index (χ0v) is 13.1. The van der Waals surface area contributed by atoms with Gasteiger partial charge in [-0.05, 0) is 32.2 Å². The van der Waals surface area contributed by atoms with Gasteiger partial charge in [0.2, 0.25) is 5.91 Å². The standard InChI is InChI=1S/C12H22N2O3S.ClH/c1-3-12(6-4-7-13-12)11(15)14(2)10-5-8-18(16,17)9-10;/h10,13H,3-9H2,1-2H3;1H. The van der Waals surface area contributed by atoms with E-state index in [1.807, 2.05) is 6.92 Å². The lowest BCUT2D eigenvalue weighted by atomic mass is 9.92. The van der Waals surface area contributed by atoms with Crippen LogP contribution in [-0.2, 0) is 14.6 Å². The van der Waals surface area contributed by atoms with E-state index in [2.05, 4.69) is 5.32 Å². The molecule has 2 saturated heterocycles. The molecular formula is C12H23ClN2O3S. The van der Waals surface area contributed by atoms with Gasteiger partial charge in [-0.15, -0.1) is 12.4 Å². The number of hydrogen-bond donors (Lipinski definition) is 1. The minimum absolute atomic E-state index is 0. The van der Waals surface area contributed by atoms with Gasteiger partial charge in [0, 0.05) is 13.1 Å². The van der Waals surface area contributed by atoms with Crippen LogP contribution in [0.2, 0.25) is 0 Å². The average molecular weight is 311 g/mol. The van der Waals surface area contributed by atoms with E-state index in [9.17, 15) is 13.2 Å². The lowest BCUT2D eigenvalue weighted by molar-refractivity contribution is -0.138. The Labute approximate surface area is 121 Å². The lowest BCUT2D eigenvalue weighted by Crippen LogP contribution is -2.56. The summed E-state index contributed by atoms with van der Waals surface area (Å²) in [6.45, 7) is 2.88. The number of sulfone groups is 1. The van der Waals surface area contributed by atoms with Crippen LogP contribution in [0, 0.1) is 0 Å². The number of carbonyl (C=O) groups is 1. The van der Waals surface area contributed by atoms with E-state index in [1.165, 1.54) is 0 Å². The summed E-state index contributed by atoms with van der Waals surface area (Å²) in [5.74, 6) is 0.390. The maximum atomic E-state index is 12.6. The molecule has 0 spiro atoms. The van der Waals surface area contributed by atoms with Crippen LogP contribution in [0.1, 0.15) is 32.6 Å². The molecule has 19 heavy (non-hydrogen) atoms. The Hall–Kier alpha value is -0.330. The number of nitrogens with one attached hydrogen (secondary N) is 1. The summed E-state index contributed by atoms with van der Waals surface area (Å²) in [5.41, 5.74) is -0.457. The van der Waals surface area contributed by atoms with Gasteiger partial charge < -0.3 is 10.2 Å². The van der Waals surface area contributed by atoms with E-state index < -0.39 is 15.4 Å². The summed E-state index contributed by atoms with van der Waals surface area (Å²) >= 11 is 0. The third-order valence-electron chi connectivity index (χ3n) is 4.33. The van der Waals surface area contributed by atoms with Gasteiger partial charge in [-0.2, -0.15) is 0 Å². The van der Waals surface area contributed by atoms with Gasteiger partial charge in [0.15, 0.2) is 9.84 Å². The second-order valence-electron chi connectivity index (χ2n) is 5.44. The van der Waals surface area contributed by atoms with Crippen molar-refractivity contribution in [2.75, 3.05) is 25.1 Å². The summed E-state index contributed by atoms with van der Waals surface area (Å²) in [6.07, 6.45) is 3.20. The van der Waals surface area contributed by atoms with E-state index in [0.29, 0.717) is 6.42 Å². The predicted octanol–water partition coefficient (Wildman–Crippen LogP) is 0.586. The molecule has 5 nitrogen and oxygen atoms in total. The Morgan fingerprint density at radius 3 is 2.58 bits per heavy atom. The van der Waals surface area contributed by atoms with E-state index >= 15 is 0 Å². The molecule has 2 aliphatic rings. The molecule has 0 radical (unpaired) electrons. The first-order valence-corrected chi connectivity index (χ1v) is 8.45. The number of hydrogen-bond acceptors (Lipinski definition) is 4. The predicted molar refractivity (Wildman–Crippen MR) is 77.3 cm³/mol. The highest BCUT2D eigenvalue weighted by molar-refractivity contribution is 7.91. The molecule has 1 N–H and O–H groups in total. The van der Waals surface area contributed by atoms with Crippen LogP contribution < -0.4 is 5.32 Å². The minimum Gasteiger partial charge on any atom is -0.340 e. The third-order valence-corrected chi connectivity index (χ3v) is 6.08. The SMILES string of the molecule is CCC1(C(=O)N(C)C2CCS(=O)(=O)C2)CCCN1.Cl. The fourth-order valence-electron chi connectivity index (χ4n) is 3.03. The van der Waals surface area contributed by atoms with Gasteiger partial charge in [-0.3, -0.25) is 4.79 Å². The van der Waals surface area contributed by atoms with Crippen molar-refractivity contribution < 1.29 is 13.2 Å². The van der Waals surface area contributed by atoms with Crippen LogP contribution in [0.15, 0.2) is 0 Å². The smallest absolute Gasteiger partial charge is 0.242 e. The van der Waals surface area contributed by atoms with Gasteiger partial charge in [0.1, 0.15) is 0 Å². The van der Waals surface area contributed by atoms with Crippen molar-refractivity contribution in [2.24, 2.45) is 0 Å². The molecule has 0 aromatic carbocycles. The Bertz CT molecular complexity index is 432. The molecule has 0 saturated carbocycles. The molecule has 1 amide bonds. The fraction of sp³-hybridized carbons (Fsp3) is 0.917. The van der Waals surface area contributed by atoms with E-state index in [-0.39, 0.29) is 35.9 Å². The molecule has 2 unspecified atom stereocenters. The van der Waals surface area contributed by atoms with Crippen molar-refractivity contribution in [1.82, 2.24) is 10.2 Å². The lowest BCUT2D eigenvalue weighted by Gasteiger charge is -2.34. The highest BCUT2D eigenvalue weighted by atomic mass is 35.5. The molecule has 2 atom stereocenters. The molecular weight excluding hydrogens is 288 g/mol. The van der Waals surface area contributed by atoms with Crippen LogP contribution in [0.5, 0.6) is 0 Å². The molecule has 0 aliphatic carbocycles. The van der Waals surface area contributed by atoms with Crippen molar-refractivity contribution in [1.29, 1.82) is 0 Å². The second kappa shape index (κ2) is 5.97. The molecule has 0 bridgehead atoms. The van der Waals surface area contributed by atoms with Crippen LogP contribution in [0.4, 0.5) is 0 Å². The maximum Gasteiger partial charge on any atom is 0.242 e. The number of likely N-dealkylation sites (N-methyl/N-ethyl adjacent to an activating group) is 1. The largest absolute Gasteiger partial charge is 0.340 e. The molecule has 112 valence electrons. The van der Waals surface area contributed by atoms with Crippen molar-refractivity contribution in [3.05, 3.63) is 0 Å². The molecule has 2 aliphatic heterocycles. The van der Waals surface area contributed by atoms with E-state index in [1.54, 1.807) is 11.9 Å². The summed E-state index contributed by atoms with van der Waals surface area (Å²) < 4.78 is 23.0. The Balaban J connectivity index is 0.00000180. The zero-order valence-electron chi connectivity index (χ0n) is 11.5. The summed E-state index contributed by atoms with van der Waals surface area (Å²) in [7, 11) is -1.20. The normalized spacial score (nSPS) is 32.8. The van der Waals surface area contributed by atoms with Gasteiger partial charge in [0.05, 0.1) is 17.0 Å². The quantitative estimate of drug-likeness (QED) is 0.828.